The molecule has 0 saturated carbocycles. The van der Waals surface area contributed by atoms with Gasteiger partial charge in [-0.15, -0.1) is 0 Å². The molecule has 1 aromatic carbocycles. The molecule has 1 saturated heterocycles. The minimum Gasteiger partial charge on any atom is -0.345 e. The van der Waals surface area contributed by atoms with Crippen LogP contribution >= 0.6 is 12.2 Å². The van der Waals surface area contributed by atoms with Crippen molar-refractivity contribution in [2.75, 3.05) is 23.4 Å². The van der Waals surface area contributed by atoms with E-state index in [1.54, 1.807) is 12.1 Å². The molecule has 1 aliphatic heterocycles. The number of nitrogens with one attached hydrogen (secondary N) is 1. The summed E-state index contributed by atoms with van der Waals surface area (Å²) < 4.78 is 36.4. The Morgan fingerprint density at radius 1 is 1.41 bits per heavy atom. The van der Waals surface area contributed by atoms with E-state index in [-0.39, 0.29) is 23.4 Å². The van der Waals surface area contributed by atoms with Crippen LogP contribution in [0.25, 0.3) is 0 Å². The van der Waals surface area contributed by atoms with Gasteiger partial charge in [0.25, 0.3) is 0 Å². The van der Waals surface area contributed by atoms with Crippen LogP contribution in [0.3, 0.4) is 0 Å². The molecular formula is C15H21FN2O2S2. The van der Waals surface area contributed by atoms with Crippen molar-refractivity contribution in [1.29, 1.82) is 0 Å². The maximum absolute atomic E-state index is 12.9. The first-order chi connectivity index (χ1) is 10.3. The number of sulfone groups is 1. The molecule has 0 aromatic heterocycles. The molecule has 0 spiro atoms. The van der Waals surface area contributed by atoms with Crippen molar-refractivity contribution in [3.8, 4) is 0 Å². The largest absolute Gasteiger partial charge is 0.345 e. The molecule has 1 atom stereocenters. The minimum absolute atomic E-state index is 0.0900. The number of hydrogen-bond donors (Lipinski definition) is 1. The minimum atomic E-state index is -2.97. The zero-order valence-electron chi connectivity index (χ0n) is 12.8. The molecule has 1 fully saturated rings. The van der Waals surface area contributed by atoms with Crippen LogP contribution in [0.5, 0.6) is 0 Å². The van der Waals surface area contributed by atoms with Gasteiger partial charge in [0.1, 0.15) is 5.82 Å². The van der Waals surface area contributed by atoms with Crippen molar-refractivity contribution in [1.82, 2.24) is 4.90 Å². The molecule has 0 amide bonds. The van der Waals surface area contributed by atoms with Gasteiger partial charge in [0, 0.05) is 18.3 Å². The molecule has 0 unspecified atom stereocenters. The third-order valence-electron chi connectivity index (χ3n) is 3.57. The van der Waals surface area contributed by atoms with Crippen LogP contribution in [-0.2, 0) is 9.84 Å². The molecule has 7 heteroatoms. The van der Waals surface area contributed by atoms with E-state index in [1.807, 2.05) is 4.90 Å². The maximum atomic E-state index is 12.9. The Labute approximate surface area is 136 Å². The molecule has 22 heavy (non-hydrogen) atoms. The van der Waals surface area contributed by atoms with Gasteiger partial charge in [-0.3, -0.25) is 0 Å². The van der Waals surface area contributed by atoms with Crippen molar-refractivity contribution >= 4 is 32.9 Å². The fourth-order valence-electron chi connectivity index (χ4n) is 2.54. The molecular weight excluding hydrogens is 323 g/mol. The summed E-state index contributed by atoms with van der Waals surface area (Å²) in [6, 6.07) is 5.85. The highest BCUT2D eigenvalue weighted by Crippen LogP contribution is 2.20. The third kappa shape index (κ3) is 4.64. The number of halogens is 1. The predicted octanol–water partition coefficient (Wildman–Crippen LogP) is 2.67. The smallest absolute Gasteiger partial charge is 0.173 e. The summed E-state index contributed by atoms with van der Waals surface area (Å²) in [5.74, 6) is 0.407. The first-order valence-corrected chi connectivity index (χ1v) is 9.53. The van der Waals surface area contributed by atoms with Crippen LogP contribution in [0.2, 0.25) is 0 Å². The lowest BCUT2D eigenvalue weighted by atomic mass is 10.1. The molecule has 1 N–H and O–H groups in total. The van der Waals surface area contributed by atoms with Crippen LogP contribution in [0.4, 0.5) is 10.1 Å². The predicted molar refractivity (Wildman–Crippen MR) is 91.2 cm³/mol. The van der Waals surface area contributed by atoms with E-state index in [0.29, 0.717) is 29.7 Å². The second-order valence-corrected chi connectivity index (χ2v) is 8.66. The second kappa shape index (κ2) is 6.91. The molecule has 0 radical (unpaired) electrons. The van der Waals surface area contributed by atoms with E-state index in [4.69, 9.17) is 12.2 Å². The summed E-state index contributed by atoms with van der Waals surface area (Å²) in [5.41, 5.74) is 0.695. The van der Waals surface area contributed by atoms with Gasteiger partial charge in [-0.1, -0.05) is 13.8 Å². The molecule has 1 aliphatic rings. The summed E-state index contributed by atoms with van der Waals surface area (Å²) >= 11 is 5.45. The fourth-order valence-corrected chi connectivity index (χ4v) is 4.61. The molecule has 1 heterocycles. The van der Waals surface area contributed by atoms with E-state index >= 15 is 0 Å². The number of anilines is 1. The second-order valence-electron chi connectivity index (χ2n) is 6.04. The Bertz CT molecular complexity index is 629. The van der Waals surface area contributed by atoms with Crippen LogP contribution in [0.1, 0.15) is 20.3 Å². The first kappa shape index (κ1) is 17.1. The van der Waals surface area contributed by atoms with Gasteiger partial charge in [0.15, 0.2) is 14.9 Å². The highest BCUT2D eigenvalue weighted by atomic mass is 32.2. The molecule has 0 bridgehead atoms. The normalized spacial score (nSPS) is 20.1. The quantitative estimate of drug-likeness (QED) is 0.851. The number of rotatable bonds is 4. The van der Waals surface area contributed by atoms with E-state index in [1.165, 1.54) is 12.1 Å². The molecule has 1 aromatic rings. The van der Waals surface area contributed by atoms with Crippen LogP contribution in [-0.4, -0.2) is 42.5 Å². The number of thiocarbonyl (C=S) groups is 1. The number of nitrogens with zero attached hydrogens (tertiary/aromatic N) is 1. The Hall–Kier alpha value is -1.21. The summed E-state index contributed by atoms with van der Waals surface area (Å²) in [6.45, 7) is 4.82. The van der Waals surface area contributed by atoms with Gasteiger partial charge in [0.05, 0.1) is 11.5 Å². The van der Waals surface area contributed by atoms with Gasteiger partial charge in [-0.25, -0.2) is 12.8 Å². The SMILES string of the molecule is CC(C)CN(C(=S)Nc1ccc(F)cc1)[C@H]1CCS(=O)(=O)C1. The first-order valence-electron chi connectivity index (χ1n) is 7.30. The molecule has 0 aliphatic carbocycles. The third-order valence-corrected chi connectivity index (χ3v) is 5.65. The van der Waals surface area contributed by atoms with Crippen molar-refractivity contribution in [3.63, 3.8) is 0 Å². The van der Waals surface area contributed by atoms with Gasteiger partial charge in [0.2, 0.25) is 0 Å². The van der Waals surface area contributed by atoms with E-state index < -0.39 is 9.84 Å². The Balaban J connectivity index is 2.11. The van der Waals surface area contributed by atoms with Gasteiger partial charge in [-0.05, 0) is 48.8 Å². The average Bonchev–Trinajstić information content (AvgIpc) is 2.78. The lowest BCUT2D eigenvalue weighted by Crippen LogP contribution is -2.45. The Morgan fingerprint density at radius 3 is 2.55 bits per heavy atom. The van der Waals surface area contributed by atoms with Crippen LogP contribution in [0, 0.1) is 11.7 Å². The highest BCUT2D eigenvalue weighted by Gasteiger charge is 2.33. The Kier molecular flexibility index (Phi) is 5.39. The van der Waals surface area contributed by atoms with Gasteiger partial charge < -0.3 is 10.2 Å². The zero-order valence-corrected chi connectivity index (χ0v) is 14.4. The van der Waals surface area contributed by atoms with Crippen LogP contribution in [0.15, 0.2) is 24.3 Å². The van der Waals surface area contributed by atoms with E-state index in [0.717, 1.165) is 0 Å². The molecule has 122 valence electrons. The number of hydrogen-bond acceptors (Lipinski definition) is 3. The average molecular weight is 344 g/mol. The van der Waals surface area contributed by atoms with Crippen LogP contribution < -0.4 is 5.32 Å². The summed E-state index contributed by atoms with van der Waals surface area (Å²) in [4.78, 5) is 1.95. The molecule has 2 rings (SSSR count). The number of benzene rings is 1. The Morgan fingerprint density at radius 2 is 2.05 bits per heavy atom. The zero-order chi connectivity index (χ0) is 16.3. The molecule has 4 nitrogen and oxygen atoms in total. The lowest BCUT2D eigenvalue weighted by Gasteiger charge is -2.32. The van der Waals surface area contributed by atoms with E-state index in [2.05, 4.69) is 19.2 Å². The van der Waals surface area contributed by atoms with Crippen molar-refractivity contribution in [2.24, 2.45) is 5.92 Å². The van der Waals surface area contributed by atoms with Crippen molar-refractivity contribution in [2.45, 2.75) is 26.3 Å². The monoisotopic (exact) mass is 344 g/mol. The fraction of sp³-hybridized carbons (Fsp3) is 0.533. The van der Waals surface area contributed by atoms with Gasteiger partial charge in [-0.2, -0.15) is 0 Å². The van der Waals surface area contributed by atoms with Crippen molar-refractivity contribution in [3.05, 3.63) is 30.1 Å². The standard InChI is InChI=1S/C15H21FN2O2S2/c1-11(2)9-18(14-7-8-22(19,20)10-14)15(21)17-13-5-3-12(16)4-6-13/h3-6,11,14H,7-10H2,1-2H3,(H,17,21)/t14-/m0/s1. The summed E-state index contributed by atoms with van der Waals surface area (Å²) in [7, 11) is -2.97. The highest BCUT2D eigenvalue weighted by molar-refractivity contribution is 7.91. The lowest BCUT2D eigenvalue weighted by molar-refractivity contribution is 0.303. The summed E-state index contributed by atoms with van der Waals surface area (Å²) in [6.07, 6.45) is 0.598. The van der Waals surface area contributed by atoms with Crippen molar-refractivity contribution < 1.29 is 12.8 Å². The van der Waals surface area contributed by atoms with Gasteiger partial charge >= 0.3 is 0 Å². The topological polar surface area (TPSA) is 49.4 Å². The maximum Gasteiger partial charge on any atom is 0.173 e. The van der Waals surface area contributed by atoms with E-state index in [9.17, 15) is 12.8 Å². The summed E-state index contributed by atoms with van der Waals surface area (Å²) in [5, 5.41) is 3.56.